The molecule has 0 unspecified atom stereocenters. The second-order valence-corrected chi connectivity index (χ2v) is 3.82. The van der Waals surface area contributed by atoms with Gasteiger partial charge in [0, 0.05) is 30.7 Å². The van der Waals surface area contributed by atoms with E-state index in [2.05, 4.69) is 36.1 Å². The van der Waals surface area contributed by atoms with Gasteiger partial charge in [0.2, 0.25) is 0 Å². The smallest absolute Gasteiger partial charge is 0.0724 e. The minimum Gasteiger partial charge on any atom is -0.306 e. The van der Waals surface area contributed by atoms with Gasteiger partial charge in [0.1, 0.15) is 0 Å². The summed E-state index contributed by atoms with van der Waals surface area (Å²) in [5.74, 6) is 0. The largest absolute Gasteiger partial charge is 0.306 e. The van der Waals surface area contributed by atoms with Crippen molar-refractivity contribution in [1.82, 2.24) is 15.3 Å². The van der Waals surface area contributed by atoms with Crippen LogP contribution in [0, 0.1) is 0 Å². The fraction of sp³-hybridized carbons (Fsp3) is 0.636. The number of nitrogens with one attached hydrogen (secondary N) is 1. The standard InChI is InChI=1S/C11H19N3/c1-4-11(3,5-2)14-9-10-8-12-6-7-13-10/h6-8,14H,4-5,9H2,1-3H3. The molecule has 1 aromatic rings. The van der Waals surface area contributed by atoms with Crippen LogP contribution in [-0.4, -0.2) is 15.5 Å². The van der Waals surface area contributed by atoms with Crippen LogP contribution in [-0.2, 0) is 6.54 Å². The monoisotopic (exact) mass is 193 g/mol. The lowest BCUT2D eigenvalue weighted by atomic mass is 9.95. The Kier molecular flexibility index (Phi) is 4.01. The molecule has 14 heavy (non-hydrogen) atoms. The second-order valence-electron chi connectivity index (χ2n) is 3.82. The van der Waals surface area contributed by atoms with Crippen molar-refractivity contribution in [3.05, 3.63) is 24.3 Å². The quantitative estimate of drug-likeness (QED) is 0.778. The van der Waals surface area contributed by atoms with Gasteiger partial charge in [-0.2, -0.15) is 0 Å². The third kappa shape index (κ3) is 3.07. The minimum atomic E-state index is 0.220. The van der Waals surface area contributed by atoms with E-state index < -0.39 is 0 Å². The van der Waals surface area contributed by atoms with Gasteiger partial charge in [0.25, 0.3) is 0 Å². The van der Waals surface area contributed by atoms with Crippen molar-refractivity contribution >= 4 is 0 Å². The van der Waals surface area contributed by atoms with Crippen molar-refractivity contribution in [1.29, 1.82) is 0 Å². The molecule has 0 amide bonds. The minimum absolute atomic E-state index is 0.220. The van der Waals surface area contributed by atoms with Crippen molar-refractivity contribution < 1.29 is 0 Å². The maximum absolute atomic E-state index is 4.23. The van der Waals surface area contributed by atoms with E-state index in [1.165, 1.54) is 0 Å². The molecule has 1 N–H and O–H groups in total. The molecule has 0 aliphatic rings. The fourth-order valence-corrected chi connectivity index (χ4v) is 1.23. The van der Waals surface area contributed by atoms with Gasteiger partial charge < -0.3 is 5.32 Å². The first-order valence-corrected chi connectivity index (χ1v) is 5.20. The topological polar surface area (TPSA) is 37.8 Å². The molecule has 0 aromatic carbocycles. The molecular weight excluding hydrogens is 174 g/mol. The van der Waals surface area contributed by atoms with Crippen LogP contribution in [0.2, 0.25) is 0 Å². The molecule has 0 spiro atoms. The van der Waals surface area contributed by atoms with Crippen LogP contribution in [0.3, 0.4) is 0 Å². The molecule has 1 heterocycles. The highest BCUT2D eigenvalue weighted by Gasteiger charge is 2.18. The Morgan fingerprint density at radius 2 is 2.00 bits per heavy atom. The lowest BCUT2D eigenvalue weighted by molar-refractivity contribution is 0.327. The summed E-state index contributed by atoms with van der Waals surface area (Å²) < 4.78 is 0. The summed E-state index contributed by atoms with van der Waals surface area (Å²) >= 11 is 0. The number of hydrogen-bond donors (Lipinski definition) is 1. The molecule has 0 aliphatic carbocycles. The summed E-state index contributed by atoms with van der Waals surface area (Å²) in [6, 6.07) is 0. The molecular formula is C11H19N3. The van der Waals surface area contributed by atoms with Gasteiger partial charge in [0.15, 0.2) is 0 Å². The Balaban J connectivity index is 2.48. The average Bonchev–Trinajstić information content (AvgIpc) is 2.27. The van der Waals surface area contributed by atoms with Gasteiger partial charge in [-0.3, -0.25) is 9.97 Å². The molecule has 0 atom stereocenters. The third-order valence-electron chi connectivity index (χ3n) is 2.87. The first-order chi connectivity index (χ1) is 6.70. The number of rotatable bonds is 5. The van der Waals surface area contributed by atoms with Crippen molar-refractivity contribution in [2.24, 2.45) is 0 Å². The normalized spacial score (nSPS) is 11.6. The molecule has 0 fully saturated rings. The third-order valence-corrected chi connectivity index (χ3v) is 2.87. The summed E-state index contributed by atoms with van der Waals surface area (Å²) in [6.07, 6.45) is 7.49. The Morgan fingerprint density at radius 1 is 1.29 bits per heavy atom. The Bertz CT molecular complexity index is 254. The molecule has 3 heteroatoms. The zero-order valence-corrected chi connectivity index (χ0v) is 9.25. The molecule has 0 aliphatic heterocycles. The van der Waals surface area contributed by atoms with Gasteiger partial charge >= 0.3 is 0 Å². The van der Waals surface area contributed by atoms with E-state index >= 15 is 0 Å². The van der Waals surface area contributed by atoms with Crippen LogP contribution in [0.5, 0.6) is 0 Å². The highest BCUT2D eigenvalue weighted by atomic mass is 15.0. The van der Waals surface area contributed by atoms with E-state index in [0.29, 0.717) is 0 Å². The molecule has 78 valence electrons. The van der Waals surface area contributed by atoms with Gasteiger partial charge in [-0.15, -0.1) is 0 Å². The Morgan fingerprint density at radius 3 is 2.50 bits per heavy atom. The number of hydrogen-bond acceptors (Lipinski definition) is 3. The highest BCUT2D eigenvalue weighted by molar-refractivity contribution is 4.95. The maximum atomic E-state index is 4.23. The molecule has 1 aromatic heterocycles. The summed E-state index contributed by atoms with van der Waals surface area (Å²) in [7, 11) is 0. The van der Waals surface area contributed by atoms with Crippen LogP contribution < -0.4 is 5.32 Å². The van der Waals surface area contributed by atoms with Crippen LogP contribution in [0.15, 0.2) is 18.6 Å². The van der Waals surface area contributed by atoms with Crippen LogP contribution in [0.1, 0.15) is 39.3 Å². The van der Waals surface area contributed by atoms with E-state index in [0.717, 1.165) is 25.1 Å². The zero-order chi connectivity index (χ0) is 10.4. The number of aromatic nitrogens is 2. The molecule has 0 bridgehead atoms. The first kappa shape index (κ1) is 11.1. The predicted octanol–water partition coefficient (Wildman–Crippen LogP) is 2.14. The highest BCUT2D eigenvalue weighted by Crippen LogP contribution is 2.13. The molecule has 3 nitrogen and oxygen atoms in total. The average molecular weight is 193 g/mol. The van der Waals surface area contributed by atoms with Crippen molar-refractivity contribution in [3.8, 4) is 0 Å². The van der Waals surface area contributed by atoms with Gasteiger partial charge in [-0.05, 0) is 19.8 Å². The number of nitrogens with zero attached hydrogens (tertiary/aromatic N) is 2. The van der Waals surface area contributed by atoms with E-state index in [1.54, 1.807) is 18.6 Å². The summed E-state index contributed by atoms with van der Waals surface area (Å²) in [5, 5.41) is 3.51. The Labute approximate surface area is 86.0 Å². The molecule has 0 saturated carbocycles. The van der Waals surface area contributed by atoms with E-state index in [9.17, 15) is 0 Å². The van der Waals surface area contributed by atoms with Crippen molar-refractivity contribution in [2.75, 3.05) is 0 Å². The molecule has 1 rings (SSSR count). The predicted molar refractivity (Wildman–Crippen MR) is 57.9 cm³/mol. The second kappa shape index (κ2) is 5.05. The van der Waals surface area contributed by atoms with E-state index in [4.69, 9.17) is 0 Å². The van der Waals surface area contributed by atoms with Crippen molar-refractivity contribution in [3.63, 3.8) is 0 Å². The maximum Gasteiger partial charge on any atom is 0.0724 e. The van der Waals surface area contributed by atoms with Crippen LogP contribution >= 0.6 is 0 Å². The van der Waals surface area contributed by atoms with E-state index in [-0.39, 0.29) is 5.54 Å². The van der Waals surface area contributed by atoms with Gasteiger partial charge in [-0.1, -0.05) is 13.8 Å². The van der Waals surface area contributed by atoms with Crippen LogP contribution in [0.4, 0.5) is 0 Å². The summed E-state index contributed by atoms with van der Waals surface area (Å²) in [6.45, 7) is 7.44. The van der Waals surface area contributed by atoms with Crippen LogP contribution in [0.25, 0.3) is 0 Å². The lowest BCUT2D eigenvalue weighted by Crippen LogP contribution is -2.40. The summed E-state index contributed by atoms with van der Waals surface area (Å²) in [4.78, 5) is 8.26. The zero-order valence-electron chi connectivity index (χ0n) is 9.25. The lowest BCUT2D eigenvalue weighted by Gasteiger charge is -2.28. The summed E-state index contributed by atoms with van der Waals surface area (Å²) in [5.41, 5.74) is 1.22. The van der Waals surface area contributed by atoms with Crippen molar-refractivity contribution in [2.45, 2.75) is 45.7 Å². The van der Waals surface area contributed by atoms with E-state index in [1.807, 2.05) is 0 Å². The Hall–Kier alpha value is -0.960. The first-order valence-electron chi connectivity index (χ1n) is 5.20. The van der Waals surface area contributed by atoms with Gasteiger partial charge in [0.05, 0.1) is 5.69 Å². The van der Waals surface area contributed by atoms with Gasteiger partial charge in [-0.25, -0.2) is 0 Å². The fourth-order valence-electron chi connectivity index (χ4n) is 1.23. The molecule has 0 saturated heterocycles. The molecule has 0 radical (unpaired) electrons. The SMILES string of the molecule is CCC(C)(CC)NCc1cnccn1.